The number of aromatic nitrogens is 2. The Morgan fingerprint density at radius 3 is 2.64 bits per heavy atom. The Labute approximate surface area is 166 Å². The third kappa shape index (κ3) is 3.43. The molecule has 1 unspecified atom stereocenters. The van der Waals surface area contributed by atoms with Gasteiger partial charge in [-0.25, -0.2) is 4.68 Å². The summed E-state index contributed by atoms with van der Waals surface area (Å²) in [5.41, 5.74) is 1.71. The molecule has 1 N–H and O–H groups in total. The zero-order chi connectivity index (χ0) is 19.7. The summed E-state index contributed by atoms with van der Waals surface area (Å²) < 4.78 is 3.22. The third-order valence-corrected chi connectivity index (χ3v) is 6.19. The maximum absolute atomic E-state index is 13.0. The molecular weight excluding hydrogens is 370 g/mol. The fourth-order valence-electron chi connectivity index (χ4n) is 3.38. The Balaban J connectivity index is 1.56. The lowest BCUT2D eigenvalue weighted by atomic mass is 10.0. The highest BCUT2D eigenvalue weighted by Crippen LogP contribution is 2.32. The normalized spacial score (nSPS) is 12.4. The lowest BCUT2D eigenvalue weighted by Gasteiger charge is -2.13. The van der Waals surface area contributed by atoms with Crippen LogP contribution in [0.3, 0.4) is 0 Å². The van der Waals surface area contributed by atoms with Gasteiger partial charge in [0.15, 0.2) is 0 Å². The molecule has 0 saturated carbocycles. The summed E-state index contributed by atoms with van der Waals surface area (Å²) in [7, 11) is 0. The Bertz CT molecular complexity index is 1210. The van der Waals surface area contributed by atoms with Crippen molar-refractivity contribution in [3.8, 4) is 0 Å². The molecule has 0 spiro atoms. The quantitative estimate of drug-likeness (QED) is 0.562. The van der Waals surface area contributed by atoms with Crippen molar-refractivity contribution in [2.75, 3.05) is 6.54 Å². The molecule has 1 amide bonds. The summed E-state index contributed by atoms with van der Waals surface area (Å²) in [6.07, 6.45) is 0. The molecule has 0 saturated heterocycles. The number of amides is 1. The van der Waals surface area contributed by atoms with Gasteiger partial charge in [0.2, 0.25) is 5.91 Å². The van der Waals surface area contributed by atoms with E-state index in [1.54, 1.807) is 11.3 Å². The highest BCUT2D eigenvalue weighted by atomic mass is 32.1. The Morgan fingerprint density at radius 1 is 1.14 bits per heavy atom. The number of rotatable bonds is 5. The van der Waals surface area contributed by atoms with Crippen LogP contribution in [0.5, 0.6) is 0 Å². The van der Waals surface area contributed by atoms with E-state index in [0.29, 0.717) is 11.9 Å². The Kier molecular flexibility index (Phi) is 4.96. The standard InChI is InChI=1S/C22H21N3O2S/c1-14(16-8-4-3-5-9-16)12-23-19(26)13-25-22(27)20-17-10-6-7-11-18(17)28-21(20)15(2)24-25/h3-11,14H,12-13H2,1-2H3,(H,23,26). The molecule has 2 aromatic carbocycles. The largest absolute Gasteiger partial charge is 0.354 e. The van der Waals surface area contributed by atoms with Crippen molar-refractivity contribution in [3.05, 3.63) is 76.2 Å². The minimum absolute atomic E-state index is 0.0820. The lowest BCUT2D eigenvalue weighted by Crippen LogP contribution is -2.35. The van der Waals surface area contributed by atoms with E-state index in [9.17, 15) is 9.59 Å². The number of nitrogens with zero attached hydrogens (tertiary/aromatic N) is 2. The first kappa shape index (κ1) is 18.4. The average molecular weight is 391 g/mol. The van der Waals surface area contributed by atoms with Crippen molar-refractivity contribution in [2.45, 2.75) is 26.3 Å². The number of benzene rings is 2. The van der Waals surface area contributed by atoms with E-state index < -0.39 is 0 Å². The van der Waals surface area contributed by atoms with E-state index in [1.165, 1.54) is 10.2 Å². The van der Waals surface area contributed by atoms with E-state index in [1.807, 2.05) is 61.5 Å². The second kappa shape index (κ2) is 7.56. The molecule has 4 aromatic rings. The van der Waals surface area contributed by atoms with Gasteiger partial charge < -0.3 is 5.32 Å². The van der Waals surface area contributed by atoms with Crippen LogP contribution in [0.15, 0.2) is 59.4 Å². The molecule has 0 aliphatic rings. The van der Waals surface area contributed by atoms with Crippen LogP contribution in [0.4, 0.5) is 0 Å². The summed E-state index contributed by atoms with van der Waals surface area (Å²) in [6.45, 7) is 4.37. The number of carbonyl (C=O) groups is 1. The van der Waals surface area contributed by atoms with Crippen LogP contribution in [-0.4, -0.2) is 22.2 Å². The fraction of sp³-hybridized carbons (Fsp3) is 0.227. The van der Waals surface area contributed by atoms with Gasteiger partial charge in [-0.1, -0.05) is 55.5 Å². The number of carbonyl (C=O) groups excluding carboxylic acids is 1. The molecule has 6 heteroatoms. The van der Waals surface area contributed by atoms with Gasteiger partial charge in [-0.15, -0.1) is 11.3 Å². The molecular formula is C22H21N3O2S. The highest BCUT2D eigenvalue weighted by molar-refractivity contribution is 7.26. The third-order valence-electron chi connectivity index (χ3n) is 4.91. The summed E-state index contributed by atoms with van der Waals surface area (Å²) >= 11 is 1.57. The van der Waals surface area contributed by atoms with Crippen molar-refractivity contribution in [2.24, 2.45) is 0 Å². The molecule has 0 radical (unpaired) electrons. The minimum Gasteiger partial charge on any atom is -0.354 e. The molecule has 0 aliphatic heterocycles. The van der Waals surface area contributed by atoms with Crippen LogP contribution in [0.1, 0.15) is 24.1 Å². The van der Waals surface area contributed by atoms with Crippen LogP contribution >= 0.6 is 11.3 Å². The van der Waals surface area contributed by atoms with Crippen LogP contribution in [0, 0.1) is 6.92 Å². The topological polar surface area (TPSA) is 64.0 Å². The highest BCUT2D eigenvalue weighted by Gasteiger charge is 2.16. The zero-order valence-electron chi connectivity index (χ0n) is 15.8. The second-order valence-electron chi connectivity index (χ2n) is 6.97. The second-order valence-corrected chi connectivity index (χ2v) is 8.02. The van der Waals surface area contributed by atoms with Crippen molar-refractivity contribution in [1.82, 2.24) is 15.1 Å². The van der Waals surface area contributed by atoms with Gasteiger partial charge in [0.1, 0.15) is 6.54 Å². The van der Waals surface area contributed by atoms with Gasteiger partial charge in [-0.2, -0.15) is 5.10 Å². The first-order chi connectivity index (χ1) is 13.5. The Hall–Kier alpha value is -2.99. The van der Waals surface area contributed by atoms with Crippen molar-refractivity contribution < 1.29 is 4.79 Å². The zero-order valence-corrected chi connectivity index (χ0v) is 16.6. The number of aryl methyl sites for hydroxylation is 1. The first-order valence-electron chi connectivity index (χ1n) is 9.25. The van der Waals surface area contributed by atoms with Gasteiger partial charge in [-0.3, -0.25) is 9.59 Å². The summed E-state index contributed by atoms with van der Waals surface area (Å²) in [6, 6.07) is 17.9. The van der Waals surface area contributed by atoms with Gasteiger partial charge in [0.05, 0.1) is 15.8 Å². The van der Waals surface area contributed by atoms with E-state index in [-0.39, 0.29) is 23.9 Å². The molecule has 0 fully saturated rings. The van der Waals surface area contributed by atoms with Gasteiger partial charge in [-0.05, 0) is 24.5 Å². The van der Waals surface area contributed by atoms with E-state index >= 15 is 0 Å². The Morgan fingerprint density at radius 2 is 1.86 bits per heavy atom. The van der Waals surface area contributed by atoms with E-state index in [0.717, 1.165) is 20.5 Å². The SMILES string of the molecule is Cc1nn(CC(=O)NCC(C)c2ccccc2)c(=O)c2c1sc1ccccc12. The smallest absolute Gasteiger partial charge is 0.276 e. The molecule has 1 atom stereocenters. The summed E-state index contributed by atoms with van der Waals surface area (Å²) in [5.74, 6) is -0.0180. The molecule has 0 bridgehead atoms. The van der Waals surface area contributed by atoms with Crippen molar-refractivity contribution >= 4 is 37.4 Å². The van der Waals surface area contributed by atoms with Gasteiger partial charge in [0.25, 0.3) is 5.56 Å². The number of thiophene rings is 1. The molecule has 5 nitrogen and oxygen atoms in total. The molecule has 2 aromatic heterocycles. The van der Waals surface area contributed by atoms with Crippen LogP contribution in [0.25, 0.3) is 20.2 Å². The molecule has 142 valence electrons. The monoisotopic (exact) mass is 391 g/mol. The molecule has 2 heterocycles. The van der Waals surface area contributed by atoms with Crippen LogP contribution in [0.2, 0.25) is 0 Å². The summed E-state index contributed by atoms with van der Waals surface area (Å²) in [5, 5.41) is 8.87. The minimum atomic E-state index is -0.218. The maximum Gasteiger partial charge on any atom is 0.276 e. The fourth-order valence-corrected chi connectivity index (χ4v) is 4.51. The van der Waals surface area contributed by atoms with Crippen LogP contribution < -0.4 is 10.9 Å². The maximum atomic E-state index is 13.0. The predicted molar refractivity (Wildman–Crippen MR) is 114 cm³/mol. The van der Waals surface area contributed by atoms with Crippen LogP contribution in [-0.2, 0) is 11.3 Å². The number of hydrogen-bond acceptors (Lipinski definition) is 4. The van der Waals surface area contributed by atoms with E-state index in [4.69, 9.17) is 0 Å². The lowest BCUT2D eigenvalue weighted by molar-refractivity contribution is -0.121. The molecule has 28 heavy (non-hydrogen) atoms. The van der Waals surface area contributed by atoms with Crippen molar-refractivity contribution in [3.63, 3.8) is 0 Å². The van der Waals surface area contributed by atoms with Gasteiger partial charge >= 0.3 is 0 Å². The number of nitrogens with one attached hydrogen (secondary N) is 1. The van der Waals surface area contributed by atoms with Gasteiger partial charge in [0, 0.05) is 16.6 Å². The predicted octanol–water partition coefficient (Wildman–Crippen LogP) is 3.84. The molecule has 0 aliphatic carbocycles. The number of hydrogen-bond donors (Lipinski definition) is 1. The van der Waals surface area contributed by atoms with Crippen molar-refractivity contribution in [1.29, 1.82) is 0 Å². The molecule has 4 rings (SSSR count). The average Bonchev–Trinajstić information content (AvgIpc) is 3.11. The number of fused-ring (bicyclic) bond motifs is 3. The summed E-state index contributed by atoms with van der Waals surface area (Å²) in [4.78, 5) is 25.4. The first-order valence-corrected chi connectivity index (χ1v) is 10.1. The van der Waals surface area contributed by atoms with E-state index in [2.05, 4.69) is 17.3 Å².